The number of hydrogen-bond acceptors (Lipinski definition) is 3. The molecule has 2 aromatic carbocycles. The first-order chi connectivity index (χ1) is 9.97. The molecule has 0 radical (unpaired) electrons. The fraction of sp³-hybridized carbons (Fsp3) is 0.188. The second kappa shape index (κ2) is 6.26. The SMILES string of the molecule is COc1cc(Br)c(C(=O)c2ccc(C)c(F)c2)c(OC)c1. The van der Waals surface area contributed by atoms with E-state index in [9.17, 15) is 9.18 Å². The Morgan fingerprint density at radius 1 is 1.14 bits per heavy atom. The molecule has 0 heterocycles. The Morgan fingerprint density at radius 3 is 2.43 bits per heavy atom. The Kier molecular flexibility index (Phi) is 4.63. The van der Waals surface area contributed by atoms with Crippen LogP contribution >= 0.6 is 15.9 Å². The summed E-state index contributed by atoms with van der Waals surface area (Å²) in [7, 11) is 2.99. The lowest BCUT2D eigenvalue weighted by molar-refractivity contribution is 0.103. The molecule has 0 atom stereocenters. The lowest BCUT2D eigenvalue weighted by Gasteiger charge is -2.12. The van der Waals surface area contributed by atoms with Crippen LogP contribution in [0.2, 0.25) is 0 Å². The maximum absolute atomic E-state index is 13.6. The van der Waals surface area contributed by atoms with Crippen LogP contribution in [0, 0.1) is 12.7 Å². The quantitative estimate of drug-likeness (QED) is 0.775. The molecule has 0 unspecified atom stereocenters. The third-order valence-corrected chi connectivity index (χ3v) is 3.77. The van der Waals surface area contributed by atoms with Crippen molar-refractivity contribution in [3.8, 4) is 11.5 Å². The van der Waals surface area contributed by atoms with Crippen LogP contribution in [0.1, 0.15) is 21.5 Å². The van der Waals surface area contributed by atoms with Gasteiger partial charge in [0.25, 0.3) is 0 Å². The van der Waals surface area contributed by atoms with E-state index in [4.69, 9.17) is 9.47 Å². The van der Waals surface area contributed by atoms with E-state index in [2.05, 4.69) is 15.9 Å². The van der Waals surface area contributed by atoms with Crippen LogP contribution in [0.3, 0.4) is 0 Å². The third kappa shape index (κ3) is 3.08. The second-order valence-corrected chi connectivity index (χ2v) is 5.33. The zero-order valence-electron chi connectivity index (χ0n) is 11.9. The van der Waals surface area contributed by atoms with Crippen molar-refractivity contribution >= 4 is 21.7 Å². The van der Waals surface area contributed by atoms with Gasteiger partial charge < -0.3 is 9.47 Å². The molecule has 2 aromatic rings. The summed E-state index contributed by atoms with van der Waals surface area (Å²) in [6, 6.07) is 7.68. The molecule has 0 aliphatic heterocycles. The van der Waals surface area contributed by atoms with Crippen molar-refractivity contribution in [1.82, 2.24) is 0 Å². The van der Waals surface area contributed by atoms with Crippen molar-refractivity contribution in [2.45, 2.75) is 6.92 Å². The minimum atomic E-state index is -0.413. The molecule has 0 aliphatic rings. The largest absolute Gasteiger partial charge is 0.497 e. The first-order valence-electron chi connectivity index (χ1n) is 6.20. The van der Waals surface area contributed by atoms with Gasteiger partial charge in [0.15, 0.2) is 5.78 Å². The Hall–Kier alpha value is -1.88. The highest BCUT2D eigenvalue weighted by Gasteiger charge is 2.20. The molecule has 0 N–H and O–H groups in total. The van der Waals surface area contributed by atoms with Gasteiger partial charge in [0, 0.05) is 16.1 Å². The molecule has 0 amide bonds. The molecule has 0 fully saturated rings. The van der Waals surface area contributed by atoms with Gasteiger partial charge >= 0.3 is 0 Å². The van der Waals surface area contributed by atoms with Gasteiger partial charge in [0.2, 0.25) is 0 Å². The van der Waals surface area contributed by atoms with Gasteiger partial charge in [-0.05, 0) is 40.5 Å². The van der Waals surface area contributed by atoms with Gasteiger partial charge in [-0.15, -0.1) is 0 Å². The van der Waals surface area contributed by atoms with E-state index in [1.807, 2.05) is 0 Å². The maximum Gasteiger partial charge on any atom is 0.198 e. The van der Waals surface area contributed by atoms with Crippen LogP contribution in [0.15, 0.2) is 34.8 Å². The maximum atomic E-state index is 13.6. The number of hydrogen-bond donors (Lipinski definition) is 0. The number of benzene rings is 2. The molecule has 0 aromatic heterocycles. The van der Waals surface area contributed by atoms with E-state index < -0.39 is 5.82 Å². The molecule has 0 bridgehead atoms. The van der Waals surface area contributed by atoms with Gasteiger partial charge in [-0.25, -0.2) is 4.39 Å². The number of ketones is 1. The highest BCUT2D eigenvalue weighted by Crippen LogP contribution is 2.34. The monoisotopic (exact) mass is 352 g/mol. The van der Waals surface area contributed by atoms with Crippen LogP contribution in [0.25, 0.3) is 0 Å². The van der Waals surface area contributed by atoms with Gasteiger partial charge in [-0.2, -0.15) is 0 Å². The van der Waals surface area contributed by atoms with Crippen molar-refractivity contribution in [1.29, 1.82) is 0 Å². The lowest BCUT2D eigenvalue weighted by atomic mass is 10.0. The number of carbonyl (C=O) groups is 1. The minimum absolute atomic E-state index is 0.266. The molecule has 3 nitrogen and oxygen atoms in total. The molecule has 5 heteroatoms. The first-order valence-corrected chi connectivity index (χ1v) is 6.99. The number of ether oxygens (including phenoxy) is 2. The normalized spacial score (nSPS) is 10.3. The number of halogens is 2. The summed E-state index contributed by atoms with van der Waals surface area (Å²) in [5.74, 6) is 0.197. The number of methoxy groups -OCH3 is 2. The zero-order valence-corrected chi connectivity index (χ0v) is 13.5. The third-order valence-electron chi connectivity index (χ3n) is 3.14. The molecule has 0 saturated heterocycles. The average molecular weight is 353 g/mol. The van der Waals surface area contributed by atoms with Crippen LogP contribution in [0.5, 0.6) is 11.5 Å². The van der Waals surface area contributed by atoms with Gasteiger partial charge in [-0.1, -0.05) is 12.1 Å². The van der Waals surface area contributed by atoms with E-state index in [0.717, 1.165) is 0 Å². The van der Waals surface area contributed by atoms with Gasteiger partial charge in [0.1, 0.15) is 17.3 Å². The van der Waals surface area contributed by atoms with Crippen LogP contribution in [-0.2, 0) is 0 Å². The lowest BCUT2D eigenvalue weighted by Crippen LogP contribution is -2.06. The topological polar surface area (TPSA) is 35.5 Å². The number of carbonyl (C=O) groups excluding carboxylic acids is 1. The highest BCUT2D eigenvalue weighted by molar-refractivity contribution is 9.10. The molecule has 2 rings (SSSR count). The number of aryl methyl sites for hydroxylation is 1. The summed E-state index contributed by atoms with van der Waals surface area (Å²) >= 11 is 3.34. The summed E-state index contributed by atoms with van der Waals surface area (Å²) in [4.78, 5) is 12.6. The van der Waals surface area contributed by atoms with E-state index in [1.54, 1.807) is 31.2 Å². The molecule has 0 spiro atoms. The highest BCUT2D eigenvalue weighted by atomic mass is 79.9. The second-order valence-electron chi connectivity index (χ2n) is 4.48. The summed E-state index contributed by atoms with van der Waals surface area (Å²) in [5.41, 5.74) is 1.09. The fourth-order valence-corrected chi connectivity index (χ4v) is 2.54. The van der Waals surface area contributed by atoms with E-state index in [1.165, 1.54) is 20.3 Å². The van der Waals surface area contributed by atoms with Crippen molar-refractivity contribution in [2.75, 3.05) is 14.2 Å². The van der Waals surface area contributed by atoms with Crippen molar-refractivity contribution < 1.29 is 18.7 Å². The van der Waals surface area contributed by atoms with Crippen molar-refractivity contribution in [3.05, 3.63) is 57.3 Å². The molecule has 110 valence electrons. The Bertz CT molecular complexity index is 698. The smallest absolute Gasteiger partial charge is 0.198 e. The van der Waals surface area contributed by atoms with Gasteiger partial charge in [0.05, 0.1) is 19.8 Å². The van der Waals surface area contributed by atoms with Crippen LogP contribution in [-0.4, -0.2) is 20.0 Å². The molecule has 0 aliphatic carbocycles. The van der Waals surface area contributed by atoms with Gasteiger partial charge in [-0.3, -0.25) is 4.79 Å². The van der Waals surface area contributed by atoms with Crippen LogP contribution < -0.4 is 9.47 Å². The fourth-order valence-electron chi connectivity index (χ4n) is 1.94. The molecular weight excluding hydrogens is 339 g/mol. The Morgan fingerprint density at radius 2 is 1.86 bits per heavy atom. The van der Waals surface area contributed by atoms with Crippen molar-refractivity contribution in [3.63, 3.8) is 0 Å². The molecule has 21 heavy (non-hydrogen) atoms. The van der Waals surface area contributed by atoms with Crippen molar-refractivity contribution in [2.24, 2.45) is 0 Å². The molecular formula is C16H14BrFO3. The van der Waals surface area contributed by atoms with E-state index in [0.29, 0.717) is 27.1 Å². The zero-order chi connectivity index (χ0) is 15.6. The predicted octanol–water partition coefficient (Wildman–Crippen LogP) is 4.14. The first kappa shape index (κ1) is 15.5. The van der Waals surface area contributed by atoms with Crippen LogP contribution in [0.4, 0.5) is 4.39 Å². The summed E-state index contributed by atoms with van der Waals surface area (Å²) in [5, 5.41) is 0. The molecule has 0 saturated carbocycles. The summed E-state index contributed by atoms with van der Waals surface area (Å²) in [6.45, 7) is 1.65. The number of rotatable bonds is 4. The van der Waals surface area contributed by atoms with E-state index in [-0.39, 0.29) is 11.3 Å². The average Bonchev–Trinajstić information content (AvgIpc) is 2.48. The standard InChI is InChI=1S/C16H14BrFO3/c1-9-4-5-10(6-13(9)18)16(19)15-12(17)7-11(20-2)8-14(15)21-3/h4-8H,1-3H3. The minimum Gasteiger partial charge on any atom is -0.497 e. The summed E-state index contributed by atoms with van der Waals surface area (Å²) in [6.07, 6.45) is 0. The Labute approximate surface area is 130 Å². The van der Waals surface area contributed by atoms with E-state index >= 15 is 0 Å². The Balaban J connectivity index is 2.54. The summed E-state index contributed by atoms with van der Waals surface area (Å²) < 4.78 is 24.5. The predicted molar refractivity (Wildman–Crippen MR) is 81.8 cm³/mol.